The molecule has 28 heavy (non-hydrogen) atoms. The first-order valence-corrected chi connectivity index (χ1v) is 10.7. The maximum atomic E-state index is 5.61. The number of hydrogen-bond donors (Lipinski definition) is 1. The van der Waals surface area contributed by atoms with Gasteiger partial charge in [-0.1, -0.05) is 24.4 Å². The second kappa shape index (κ2) is 8.39. The summed E-state index contributed by atoms with van der Waals surface area (Å²) in [5, 5.41) is 8.00. The minimum absolute atomic E-state index is 0.302. The van der Waals surface area contributed by atoms with Crippen LogP contribution in [-0.4, -0.2) is 53.0 Å². The normalized spacial score (nSPS) is 20.5. The Morgan fingerprint density at radius 2 is 1.82 bits per heavy atom. The van der Waals surface area contributed by atoms with Crippen molar-refractivity contribution in [3.63, 3.8) is 0 Å². The molecule has 0 aromatic carbocycles. The average molecular weight is 387 g/mol. The quantitative estimate of drug-likeness (QED) is 0.823. The summed E-state index contributed by atoms with van der Waals surface area (Å²) in [5.74, 6) is 1.71. The van der Waals surface area contributed by atoms with E-state index in [-0.39, 0.29) is 0 Å². The van der Waals surface area contributed by atoms with Crippen LogP contribution >= 0.6 is 0 Å². The van der Waals surface area contributed by atoms with Gasteiger partial charge in [0.05, 0.1) is 13.2 Å². The summed E-state index contributed by atoms with van der Waals surface area (Å²) in [6, 6.07) is 4.27. The number of hydrogen-bond acceptors (Lipinski definition) is 5. The average Bonchev–Trinajstić information content (AvgIpc) is 3.25. The molecule has 1 aliphatic carbocycles. The lowest BCUT2D eigenvalue weighted by atomic mass is 9.79. The lowest BCUT2D eigenvalue weighted by Crippen LogP contribution is -2.59. The Labute approximate surface area is 168 Å². The standard InChI is InChI=1S/C22H34N4O2/c1-17-13-20(19(3)26(17)21-14-18(2)28-24-21)15-23-16-22(7-5-4-6-8-22)25-9-11-27-12-10-25/h13-14,23H,4-12,15-16H2,1-3H3. The topological polar surface area (TPSA) is 55.5 Å². The van der Waals surface area contributed by atoms with E-state index in [1.54, 1.807) is 0 Å². The summed E-state index contributed by atoms with van der Waals surface area (Å²) in [5.41, 5.74) is 4.08. The van der Waals surface area contributed by atoms with Crippen LogP contribution in [0.3, 0.4) is 0 Å². The fourth-order valence-corrected chi connectivity index (χ4v) is 5.10. The highest BCUT2D eigenvalue weighted by Crippen LogP contribution is 2.34. The van der Waals surface area contributed by atoms with Gasteiger partial charge in [0.2, 0.25) is 0 Å². The van der Waals surface area contributed by atoms with E-state index < -0.39 is 0 Å². The zero-order valence-electron chi connectivity index (χ0n) is 17.6. The van der Waals surface area contributed by atoms with Crippen molar-refractivity contribution < 1.29 is 9.26 Å². The Balaban J connectivity index is 1.45. The molecule has 0 spiro atoms. The molecule has 0 radical (unpaired) electrons. The molecule has 6 heteroatoms. The van der Waals surface area contributed by atoms with Crippen LogP contribution in [0, 0.1) is 20.8 Å². The largest absolute Gasteiger partial charge is 0.379 e. The smallest absolute Gasteiger partial charge is 0.180 e. The van der Waals surface area contributed by atoms with Crippen molar-refractivity contribution in [1.82, 2.24) is 19.9 Å². The lowest BCUT2D eigenvalue weighted by Gasteiger charge is -2.48. The van der Waals surface area contributed by atoms with Crippen molar-refractivity contribution in [3.05, 3.63) is 34.8 Å². The molecule has 0 atom stereocenters. The third kappa shape index (κ3) is 3.91. The van der Waals surface area contributed by atoms with Gasteiger partial charge in [0, 0.05) is 49.2 Å². The van der Waals surface area contributed by atoms with E-state index in [0.717, 1.165) is 51.0 Å². The summed E-state index contributed by atoms with van der Waals surface area (Å²) in [7, 11) is 0. The molecule has 1 saturated heterocycles. The summed E-state index contributed by atoms with van der Waals surface area (Å²) in [6.07, 6.45) is 6.68. The molecule has 154 valence electrons. The Kier molecular flexibility index (Phi) is 5.90. The fourth-order valence-electron chi connectivity index (χ4n) is 5.10. The van der Waals surface area contributed by atoms with Gasteiger partial charge in [-0.25, -0.2) is 0 Å². The van der Waals surface area contributed by atoms with Crippen LogP contribution < -0.4 is 5.32 Å². The van der Waals surface area contributed by atoms with Gasteiger partial charge in [0.15, 0.2) is 5.82 Å². The molecule has 3 heterocycles. The molecule has 2 aromatic heterocycles. The predicted molar refractivity (Wildman–Crippen MR) is 110 cm³/mol. The highest BCUT2D eigenvalue weighted by molar-refractivity contribution is 5.36. The summed E-state index contributed by atoms with van der Waals surface area (Å²) < 4.78 is 13.1. The first-order chi connectivity index (χ1) is 13.6. The molecule has 0 unspecified atom stereocenters. The van der Waals surface area contributed by atoms with Gasteiger partial charge in [-0.3, -0.25) is 4.90 Å². The van der Waals surface area contributed by atoms with Gasteiger partial charge in [-0.05, 0) is 45.2 Å². The maximum absolute atomic E-state index is 5.61. The van der Waals surface area contributed by atoms with Crippen molar-refractivity contribution in [1.29, 1.82) is 0 Å². The van der Waals surface area contributed by atoms with Crippen LogP contribution in [0.25, 0.3) is 5.82 Å². The van der Waals surface area contributed by atoms with Crippen LogP contribution in [0.1, 0.15) is 54.8 Å². The monoisotopic (exact) mass is 386 g/mol. The van der Waals surface area contributed by atoms with Gasteiger partial charge in [0.25, 0.3) is 0 Å². The Hall–Kier alpha value is -1.63. The summed E-state index contributed by atoms with van der Waals surface area (Å²) in [6.45, 7) is 12.1. The number of ether oxygens (including phenoxy) is 1. The molecule has 6 nitrogen and oxygen atoms in total. The first-order valence-electron chi connectivity index (χ1n) is 10.7. The number of rotatable bonds is 6. The number of nitrogens with zero attached hydrogens (tertiary/aromatic N) is 3. The van der Waals surface area contributed by atoms with Crippen LogP contribution in [0.15, 0.2) is 16.7 Å². The van der Waals surface area contributed by atoms with E-state index in [2.05, 4.69) is 39.9 Å². The van der Waals surface area contributed by atoms with Crippen LogP contribution in [0.5, 0.6) is 0 Å². The van der Waals surface area contributed by atoms with E-state index >= 15 is 0 Å². The minimum Gasteiger partial charge on any atom is -0.379 e. The molecule has 2 aliphatic rings. The van der Waals surface area contributed by atoms with Crippen molar-refractivity contribution in [2.24, 2.45) is 0 Å². The van der Waals surface area contributed by atoms with Crippen molar-refractivity contribution >= 4 is 0 Å². The Bertz CT molecular complexity index is 783. The summed E-state index contributed by atoms with van der Waals surface area (Å²) in [4.78, 5) is 2.70. The molecule has 1 saturated carbocycles. The van der Waals surface area contributed by atoms with Gasteiger partial charge in [0.1, 0.15) is 5.76 Å². The Morgan fingerprint density at radius 1 is 1.07 bits per heavy atom. The molecule has 1 aliphatic heterocycles. The molecule has 1 N–H and O–H groups in total. The maximum Gasteiger partial charge on any atom is 0.180 e. The zero-order valence-corrected chi connectivity index (χ0v) is 17.6. The SMILES string of the molecule is Cc1cc(-n2c(C)cc(CNCC3(N4CCOCC4)CCCCC3)c2C)no1. The molecular formula is C22H34N4O2. The lowest BCUT2D eigenvalue weighted by molar-refractivity contribution is -0.0369. The number of aryl methyl sites for hydroxylation is 2. The first kappa shape index (κ1) is 19.7. The molecule has 2 aromatic rings. The van der Waals surface area contributed by atoms with Gasteiger partial charge in [-0.2, -0.15) is 0 Å². The third-order valence-electron chi connectivity index (χ3n) is 6.62. The van der Waals surface area contributed by atoms with Crippen molar-refractivity contribution in [2.75, 3.05) is 32.8 Å². The molecular weight excluding hydrogens is 352 g/mol. The molecule has 4 rings (SSSR count). The fraction of sp³-hybridized carbons (Fsp3) is 0.682. The Morgan fingerprint density at radius 3 is 2.50 bits per heavy atom. The van der Waals surface area contributed by atoms with E-state index in [9.17, 15) is 0 Å². The predicted octanol–water partition coefficient (Wildman–Crippen LogP) is 3.52. The second-order valence-electron chi connectivity index (χ2n) is 8.52. The summed E-state index contributed by atoms with van der Waals surface area (Å²) >= 11 is 0. The van der Waals surface area contributed by atoms with Crippen LogP contribution in [0.4, 0.5) is 0 Å². The van der Waals surface area contributed by atoms with Crippen molar-refractivity contribution in [3.8, 4) is 5.82 Å². The van der Waals surface area contributed by atoms with Crippen molar-refractivity contribution in [2.45, 2.75) is 65.0 Å². The highest BCUT2D eigenvalue weighted by Gasteiger charge is 2.38. The highest BCUT2D eigenvalue weighted by atomic mass is 16.5. The van der Waals surface area contributed by atoms with E-state index in [4.69, 9.17) is 9.26 Å². The molecule has 2 fully saturated rings. The van der Waals surface area contributed by atoms with Crippen LogP contribution in [-0.2, 0) is 11.3 Å². The minimum atomic E-state index is 0.302. The molecule has 0 bridgehead atoms. The van der Waals surface area contributed by atoms with Gasteiger partial charge >= 0.3 is 0 Å². The van der Waals surface area contributed by atoms with Gasteiger partial charge in [-0.15, -0.1) is 0 Å². The van der Waals surface area contributed by atoms with Gasteiger partial charge < -0.3 is 19.1 Å². The van der Waals surface area contributed by atoms with Crippen LogP contribution in [0.2, 0.25) is 0 Å². The third-order valence-corrected chi connectivity index (χ3v) is 6.62. The van der Waals surface area contributed by atoms with E-state index in [0.29, 0.717) is 5.54 Å². The van der Waals surface area contributed by atoms with E-state index in [1.807, 2.05) is 13.0 Å². The second-order valence-corrected chi connectivity index (χ2v) is 8.52. The number of morpholine rings is 1. The molecule has 0 amide bonds. The zero-order chi connectivity index (χ0) is 19.6. The number of aromatic nitrogens is 2. The number of nitrogens with one attached hydrogen (secondary N) is 1. The van der Waals surface area contributed by atoms with E-state index in [1.165, 1.54) is 49.1 Å².